The first-order chi connectivity index (χ1) is 14.0. The average Bonchev–Trinajstić information content (AvgIpc) is 2.76. The van der Waals surface area contributed by atoms with E-state index in [4.69, 9.17) is 0 Å². The van der Waals surface area contributed by atoms with Crippen LogP contribution in [0.4, 0.5) is 0 Å². The Bertz CT molecular complexity index is 837. The van der Waals surface area contributed by atoms with E-state index in [0.29, 0.717) is 13.0 Å². The van der Waals surface area contributed by atoms with Gasteiger partial charge in [0.1, 0.15) is 6.04 Å². The van der Waals surface area contributed by atoms with Crippen molar-refractivity contribution in [2.75, 3.05) is 0 Å². The number of nitrogens with one attached hydrogen (secondary N) is 3. The van der Waals surface area contributed by atoms with Gasteiger partial charge in [0.15, 0.2) is 0 Å². The predicted molar refractivity (Wildman–Crippen MR) is 115 cm³/mol. The van der Waals surface area contributed by atoms with E-state index in [0.717, 1.165) is 12.0 Å². The summed E-state index contributed by atoms with van der Waals surface area (Å²) in [4.78, 5) is 25.9. The minimum absolute atomic E-state index is 0.0396. The van der Waals surface area contributed by atoms with Crippen molar-refractivity contribution < 1.29 is 9.59 Å². The number of benzene rings is 2. The maximum absolute atomic E-state index is 13.0. The van der Waals surface area contributed by atoms with Crippen LogP contribution < -0.4 is 16.0 Å². The second-order valence-electron chi connectivity index (χ2n) is 7.92. The molecule has 0 aromatic heterocycles. The van der Waals surface area contributed by atoms with Gasteiger partial charge in [0.2, 0.25) is 11.8 Å². The highest BCUT2D eigenvalue weighted by Crippen LogP contribution is 2.18. The normalized spacial score (nSPS) is 18.8. The summed E-state index contributed by atoms with van der Waals surface area (Å²) in [7, 11) is 0. The van der Waals surface area contributed by atoms with Crippen molar-refractivity contribution in [2.45, 2.75) is 58.3 Å². The van der Waals surface area contributed by atoms with Crippen molar-refractivity contribution in [2.24, 2.45) is 5.92 Å². The molecule has 1 heterocycles. The topological polar surface area (TPSA) is 70.2 Å². The van der Waals surface area contributed by atoms with Gasteiger partial charge in [-0.3, -0.25) is 9.59 Å². The van der Waals surface area contributed by atoms with Crippen LogP contribution in [0.1, 0.15) is 49.9 Å². The van der Waals surface area contributed by atoms with E-state index in [1.54, 1.807) is 0 Å². The molecule has 0 spiro atoms. The van der Waals surface area contributed by atoms with Crippen molar-refractivity contribution >= 4 is 11.8 Å². The molecule has 4 atom stereocenters. The fourth-order valence-electron chi connectivity index (χ4n) is 3.72. The van der Waals surface area contributed by atoms with Gasteiger partial charge in [-0.1, -0.05) is 74.9 Å². The van der Waals surface area contributed by atoms with Gasteiger partial charge in [-0.25, -0.2) is 0 Å². The first-order valence-electron chi connectivity index (χ1n) is 10.5. The number of carbonyl (C=O) groups excluding carboxylic acids is 2. The third-order valence-electron chi connectivity index (χ3n) is 5.85. The molecule has 3 N–H and O–H groups in total. The highest BCUT2D eigenvalue weighted by molar-refractivity contribution is 5.90. The van der Waals surface area contributed by atoms with Crippen LogP contribution in [-0.4, -0.2) is 23.9 Å². The number of hydrogen-bond acceptors (Lipinski definition) is 3. The first kappa shape index (κ1) is 21.1. The van der Waals surface area contributed by atoms with Crippen LogP contribution in [0.3, 0.4) is 0 Å². The van der Waals surface area contributed by atoms with Gasteiger partial charge in [-0.05, 0) is 36.0 Å². The van der Waals surface area contributed by atoms with E-state index in [-0.39, 0.29) is 29.8 Å². The molecule has 0 bridgehead atoms. The number of carbonyl (C=O) groups is 2. The zero-order valence-corrected chi connectivity index (χ0v) is 17.4. The van der Waals surface area contributed by atoms with Crippen molar-refractivity contribution in [1.29, 1.82) is 0 Å². The summed E-state index contributed by atoms with van der Waals surface area (Å²) in [5, 5.41) is 9.37. The number of rotatable bonds is 7. The summed E-state index contributed by atoms with van der Waals surface area (Å²) in [5.74, 6) is -0.217. The second-order valence-corrected chi connectivity index (χ2v) is 7.92. The molecule has 0 aliphatic carbocycles. The van der Waals surface area contributed by atoms with Crippen molar-refractivity contribution in [3.8, 4) is 0 Å². The van der Waals surface area contributed by atoms with Gasteiger partial charge in [0, 0.05) is 6.54 Å². The summed E-state index contributed by atoms with van der Waals surface area (Å²) >= 11 is 0. The lowest BCUT2D eigenvalue weighted by molar-refractivity contribution is -0.131. The van der Waals surface area contributed by atoms with Crippen LogP contribution >= 0.6 is 0 Å². The van der Waals surface area contributed by atoms with E-state index in [2.05, 4.69) is 28.1 Å². The average molecular weight is 394 g/mol. The molecule has 5 heteroatoms. The van der Waals surface area contributed by atoms with Gasteiger partial charge in [-0.2, -0.15) is 0 Å². The minimum atomic E-state index is -0.558. The Balaban J connectivity index is 1.66. The van der Waals surface area contributed by atoms with Gasteiger partial charge in [-0.15, -0.1) is 0 Å². The van der Waals surface area contributed by atoms with Crippen molar-refractivity contribution in [1.82, 2.24) is 16.0 Å². The lowest BCUT2D eigenvalue weighted by Crippen LogP contribution is -2.56. The Kier molecular flexibility index (Phi) is 7.04. The van der Waals surface area contributed by atoms with Crippen LogP contribution in [0.5, 0.6) is 0 Å². The smallest absolute Gasteiger partial charge is 0.243 e. The van der Waals surface area contributed by atoms with Crippen molar-refractivity contribution in [3.05, 3.63) is 71.3 Å². The zero-order valence-electron chi connectivity index (χ0n) is 17.4. The quantitative estimate of drug-likeness (QED) is 0.677. The van der Waals surface area contributed by atoms with Gasteiger partial charge in [0.05, 0.1) is 12.1 Å². The number of hydrogen-bond donors (Lipinski definition) is 3. The fraction of sp³-hybridized carbons (Fsp3) is 0.417. The predicted octanol–water partition coefficient (Wildman–Crippen LogP) is 3.11. The molecule has 1 aliphatic heterocycles. The van der Waals surface area contributed by atoms with E-state index >= 15 is 0 Å². The lowest BCUT2D eigenvalue weighted by Gasteiger charge is -2.30. The lowest BCUT2D eigenvalue weighted by atomic mass is 9.94. The molecule has 0 unspecified atom stereocenters. The molecule has 0 radical (unpaired) electrons. The molecule has 0 saturated heterocycles. The number of amides is 2. The molecular weight excluding hydrogens is 362 g/mol. The summed E-state index contributed by atoms with van der Waals surface area (Å²) < 4.78 is 0. The van der Waals surface area contributed by atoms with E-state index < -0.39 is 6.04 Å². The van der Waals surface area contributed by atoms with E-state index in [1.165, 1.54) is 11.1 Å². The Morgan fingerprint density at radius 2 is 1.66 bits per heavy atom. The monoisotopic (exact) mass is 393 g/mol. The first-order valence-corrected chi connectivity index (χ1v) is 10.5. The third kappa shape index (κ3) is 5.24. The van der Waals surface area contributed by atoms with Crippen LogP contribution in [0.2, 0.25) is 0 Å². The molecule has 0 fully saturated rings. The minimum Gasteiger partial charge on any atom is -0.348 e. The standard InChI is InChI=1S/C24H31N3O2/c1-4-16(2)22(24(29)26-17(3)18-10-6-5-7-11-18)27-23(28)21-14-19-12-8-9-13-20(19)15-25-21/h5-13,16-17,21-22,25H,4,14-15H2,1-3H3,(H,26,29)(H,27,28)/t16-,17+,21-,22-/m0/s1. The summed E-state index contributed by atoms with van der Waals surface area (Å²) in [6.45, 7) is 6.66. The van der Waals surface area contributed by atoms with E-state index in [1.807, 2.05) is 63.2 Å². The molecule has 5 nitrogen and oxygen atoms in total. The Labute approximate surface area is 173 Å². The summed E-state index contributed by atoms with van der Waals surface area (Å²) in [6, 6.07) is 17.0. The molecule has 154 valence electrons. The molecule has 1 aliphatic rings. The fourth-order valence-corrected chi connectivity index (χ4v) is 3.72. The molecular formula is C24H31N3O2. The maximum Gasteiger partial charge on any atom is 0.243 e. The van der Waals surface area contributed by atoms with Gasteiger partial charge >= 0.3 is 0 Å². The molecule has 3 rings (SSSR count). The Morgan fingerprint density at radius 1 is 1.00 bits per heavy atom. The Morgan fingerprint density at radius 3 is 2.34 bits per heavy atom. The molecule has 2 amide bonds. The van der Waals surface area contributed by atoms with Crippen LogP contribution in [0.25, 0.3) is 0 Å². The van der Waals surface area contributed by atoms with Gasteiger partial charge < -0.3 is 16.0 Å². The highest BCUT2D eigenvalue weighted by Gasteiger charge is 2.31. The second kappa shape index (κ2) is 9.70. The largest absolute Gasteiger partial charge is 0.348 e. The van der Waals surface area contributed by atoms with Crippen LogP contribution in [0.15, 0.2) is 54.6 Å². The summed E-state index contributed by atoms with van der Waals surface area (Å²) in [5.41, 5.74) is 3.46. The third-order valence-corrected chi connectivity index (χ3v) is 5.85. The van der Waals surface area contributed by atoms with Crippen molar-refractivity contribution in [3.63, 3.8) is 0 Å². The molecule has 0 saturated carbocycles. The van der Waals surface area contributed by atoms with E-state index in [9.17, 15) is 9.59 Å². The summed E-state index contributed by atoms with van der Waals surface area (Å²) in [6.07, 6.45) is 1.44. The molecule has 2 aromatic rings. The van der Waals surface area contributed by atoms with Crippen LogP contribution in [0, 0.1) is 5.92 Å². The van der Waals surface area contributed by atoms with Crippen LogP contribution in [-0.2, 0) is 22.6 Å². The molecule has 2 aromatic carbocycles. The zero-order chi connectivity index (χ0) is 20.8. The Hall–Kier alpha value is -2.66. The van der Waals surface area contributed by atoms with Gasteiger partial charge in [0.25, 0.3) is 0 Å². The highest BCUT2D eigenvalue weighted by atomic mass is 16.2. The maximum atomic E-state index is 13.0. The molecule has 29 heavy (non-hydrogen) atoms. The number of fused-ring (bicyclic) bond motifs is 1. The SMILES string of the molecule is CC[C@H](C)[C@H](NC(=O)[C@@H]1Cc2ccccc2CN1)C(=O)N[C@H](C)c1ccccc1.